The van der Waals surface area contributed by atoms with Crippen molar-refractivity contribution in [1.82, 2.24) is 4.98 Å². The van der Waals surface area contributed by atoms with E-state index in [0.29, 0.717) is 5.92 Å². The molecule has 0 aromatic carbocycles. The van der Waals surface area contributed by atoms with Crippen LogP contribution in [0, 0.1) is 5.92 Å². The third-order valence-corrected chi connectivity index (χ3v) is 2.69. The Morgan fingerprint density at radius 2 is 2.25 bits per heavy atom. The Morgan fingerprint density at radius 1 is 1.50 bits per heavy atom. The molecule has 0 bridgehead atoms. The lowest BCUT2D eigenvalue weighted by Crippen LogP contribution is -1.92. The summed E-state index contributed by atoms with van der Waals surface area (Å²) in [5.41, 5.74) is 6.24. The number of aromatic nitrogens is 1. The molecule has 12 heavy (non-hydrogen) atoms. The summed E-state index contributed by atoms with van der Waals surface area (Å²) in [6.45, 7) is 4.40. The molecule has 0 saturated carbocycles. The van der Waals surface area contributed by atoms with Crippen LogP contribution in [0.5, 0.6) is 0 Å². The summed E-state index contributed by atoms with van der Waals surface area (Å²) in [7, 11) is 0. The van der Waals surface area contributed by atoms with E-state index in [0.717, 1.165) is 16.5 Å². The van der Waals surface area contributed by atoms with E-state index in [1.807, 2.05) is 12.1 Å². The van der Waals surface area contributed by atoms with Crippen molar-refractivity contribution in [2.75, 3.05) is 11.5 Å². The molecule has 0 spiro atoms. The molecule has 0 saturated heterocycles. The van der Waals surface area contributed by atoms with Crippen LogP contribution in [-0.2, 0) is 0 Å². The van der Waals surface area contributed by atoms with Crippen LogP contribution in [-0.4, -0.2) is 10.7 Å². The summed E-state index contributed by atoms with van der Waals surface area (Å²) in [6, 6.07) is 3.85. The van der Waals surface area contributed by atoms with Gasteiger partial charge in [-0.05, 0) is 18.1 Å². The maximum Gasteiger partial charge on any atom is 0.0961 e. The van der Waals surface area contributed by atoms with Crippen LogP contribution in [0.3, 0.4) is 0 Å². The van der Waals surface area contributed by atoms with Crippen molar-refractivity contribution in [3.05, 3.63) is 18.3 Å². The monoisotopic (exact) mass is 182 g/mol. The fourth-order valence-corrected chi connectivity index (χ4v) is 1.52. The van der Waals surface area contributed by atoms with Gasteiger partial charge >= 0.3 is 0 Å². The van der Waals surface area contributed by atoms with Gasteiger partial charge in [0.1, 0.15) is 0 Å². The average molecular weight is 182 g/mol. The summed E-state index contributed by atoms with van der Waals surface area (Å²) in [5.74, 6) is 1.81. The largest absolute Gasteiger partial charge is 0.397 e. The zero-order valence-electron chi connectivity index (χ0n) is 7.45. The SMILES string of the molecule is CC(C)CSc1ccc(N)cn1. The third kappa shape index (κ3) is 3.13. The lowest BCUT2D eigenvalue weighted by Gasteiger charge is -2.03. The number of nitrogens with two attached hydrogens (primary N) is 1. The minimum Gasteiger partial charge on any atom is -0.397 e. The van der Waals surface area contributed by atoms with Crippen LogP contribution < -0.4 is 5.73 Å². The maximum absolute atomic E-state index is 5.51. The molecule has 0 radical (unpaired) electrons. The lowest BCUT2D eigenvalue weighted by molar-refractivity contribution is 0.749. The van der Waals surface area contributed by atoms with Gasteiger partial charge in [0.2, 0.25) is 0 Å². The van der Waals surface area contributed by atoms with E-state index in [2.05, 4.69) is 18.8 Å². The summed E-state index contributed by atoms with van der Waals surface area (Å²) >= 11 is 1.77. The molecule has 0 aliphatic heterocycles. The van der Waals surface area contributed by atoms with E-state index in [9.17, 15) is 0 Å². The topological polar surface area (TPSA) is 38.9 Å². The van der Waals surface area contributed by atoms with E-state index in [1.165, 1.54) is 0 Å². The Balaban J connectivity index is 2.48. The Bertz CT molecular complexity index is 231. The van der Waals surface area contributed by atoms with Crippen molar-refractivity contribution in [3.63, 3.8) is 0 Å². The van der Waals surface area contributed by atoms with Crippen molar-refractivity contribution >= 4 is 17.4 Å². The van der Waals surface area contributed by atoms with Gasteiger partial charge in [0, 0.05) is 5.75 Å². The number of nitrogens with zero attached hydrogens (tertiary/aromatic N) is 1. The zero-order chi connectivity index (χ0) is 8.97. The average Bonchev–Trinajstić information content (AvgIpc) is 2.03. The quantitative estimate of drug-likeness (QED) is 0.730. The van der Waals surface area contributed by atoms with Crippen molar-refractivity contribution < 1.29 is 0 Å². The van der Waals surface area contributed by atoms with E-state index >= 15 is 0 Å². The molecule has 0 amide bonds. The Morgan fingerprint density at radius 3 is 2.75 bits per heavy atom. The van der Waals surface area contributed by atoms with Crippen LogP contribution in [0.2, 0.25) is 0 Å². The van der Waals surface area contributed by atoms with Gasteiger partial charge in [-0.3, -0.25) is 0 Å². The minimum atomic E-state index is 0.703. The summed E-state index contributed by atoms with van der Waals surface area (Å²) in [6.07, 6.45) is 1.70. The number of hydrogen-bond acceptors (Lipinski definition) is 3. The predicted molar refractivity (Wildman–Crippen MR) is 54.2 cm³/mol. The number of anilines is 1. The summed E-state index contributed by atoms with van der Waals surface area (Å²) in [4.78, 5) is 4.19. The second-order valence-corrected chi connectivity index (χ2v) is 4.17. The Kier molecular flexibility index (Phi) is 3.41. The van der Waals surface area contributed by atoms with E-state index < -0.39 is 0 Å². The van der Waals surface area contributed by atoms with Gasteiger partial charge in [-0.1, -0.05) is 13.8 Å². The van der Waals surface area contributed by atoms with Crippen LogP contribution in [0.15, 0.2) is 23.4 Å². The van der Waals surface area contributed by atoms with Gasteiger partial charge in [0.25, 0.3) is 0 Å². The van der Waals surface area contributed by atoms with E-state index in [4.69, 9.17) is 5.73 Å². The molecule has 1 heterocycles. The molecule has 0 unspecified atom stereocenters. The highest BCUT2D eigenvalue weighted by Gasteiger charge is 1.97. The molecule has 1 aromatic rings. The van der Waals surface area contributed by atoms with Crippen LogP contribution >= 0.6 is 11.8 Å². The number of hydrogen-bond donors (Lipinski definition) is 1. The molecule has 0 aliphatic carbocycles. The maximum atomic E-state index is 5.51. The smallest absolute Gasteiger partial charge is 0.0961 e. The molecule has 0 atom stereocenters. The first-order chi connectivity index (χ1) is 5.68. The van der Waals surface area contributed by atoms with Crippen LogP contribution in [0.4, 0.5) is 5.69 Å². The van der Waals surface area contributed by atoms with Gasteiger partial charge < -0.3 is 5.73 Å². The standard InChI is InChI=1S/C9H14N2S/c1-7(2)6-12-9-4-3-8(10)5-11-9/h3-5,7H,6,10H2,1-2H3. The predicted octanol–water partition coefficient (Wildman–Crippen LogP) is 2.41. The molecule has 3 heteroatoms. The lowest BCUT2D eigenvalue weighted by atomic mass is 10.3. The molecule has 2 nitrogen and oxygen atoms in total. The Labute approximate surface area is 77.6 Å². The number of rotatable bonds is 3. The number of thioether (sulfide) groups is 1. The molecular weight excluding hydrogens is 168 g/mol. The summed E-state index contributed by atoms with van der Waals surface area (Å²) in [5, 5.41) is 1.05. The first-order valence-corrected chi connectivity index (χ1v) is 5.01. The van der Waals surface area contributed by atoms with Gasteiger partial charge in [-0.2, -0.15) is 0 Å². The van der Waals surface area contributed by atoms with Gasteiger partial charge in [0.15, 0.2) is 0 Å². The molecule has 0 fully saturated rings. The van der Waals surface area contributed by atoms with Gasteiger partial charge in [0.05, 0.1) is 16.9 Å². The zero-order valence-corrected chi connectivity index (χ0v) is 8.27. The molecule has 2 N–H and O–H groups in total. The first kappa shape index (κ1) is 9.39. The number of nitrogen functional groups attached to an aromatic ring is 1. The third-order valence-electron chi connectivity index (χ3n) is 1.32. The fraction of sp³-hybridized carbons (Fsp3) is 0.444. The normalized spacial score (nSPS) is 10.6. The number of pyridine rings is 1. The molecule has 1 rings (SSSR count). The van der Waals surface area contributed by atoms with Crippen LogP contribution in [0.1, 0.15) is 13.8 Å². The Hall–Kier alpha value is -0.700. The highest BCUT2D eigenvalue weighted by molar-refractivity contribution is 7.99. The van der Waals surface area contributed by atoms with Crippen molar-refractivity contribution in [1.29, 1.82) is 0 Å². The first-order valence-electron chi connectivity index (χ1n) is 4.03. The van der Waals surface area contributed by atoms with Crippen molar-refractivity contribution in [3.8, 4) is 0 Å². The summed E-state index contributed by atoms with van der Waals surface area (Å²) < 4.78 is 0. The fourth-order valence-electron chi connectivity index (χ4n) is 0.729. The molecule has 66 valence electrons. The van der Waals surface area contributed by atoms with Crippen molar-refractivity contribution in [2.45, 2.75) is 18.9 Å². The van der Waals surface area contributed by atoms with Gasteiger partial charge in [-0.15, -0.1) is 11.8 Å². The molecule has 0 aliphatic rings. The van der Waals surface area contributed by atoms with Crippen molar-refractivity contribution in [2.24, 2.45) is 5.92 Å². The highest BCUT2D eigenvalue weighted by atomic mass is 32.2. The van der Waals surface area contributed by atoms with E-state index in [1.54, 1.807) is 18.0 Å². The van der Waals surface area contributed by atoms with Crippen LogP contribution in [0.25, 0.3) is 0 Å². The van der Waals surface area contributed by atoms with E-state index in [-0.39, 0.29) is 0 Å². The molecular formula is C9H14N2S. The molecule has 1 aromatic heterocycles. The second-order valence-electron chi connectivity index (χ2n) is 3.13. The minimum absolute atomic E-state index is 0.703. The van der Waals surface area contributed by atoms with Gasteiger partial charge in [-0.25, -0.2) is 4.98 Å². The highest BCUT2D eigenvalue weighted by Crippen LogP contribution is 2.18. The second kappa shape index (κ2) is 4.36.